The third kappa shape index (κ3) is 4.10. The summed E-state index contributed by atoms with van der Waals surface area (Å²) in [6, 6.07) is 4.77. The predicted molar refractivity (Wildman–Crippen MR) is 109 cm³/mol. The number of aryl methyl sites for hydroxylation is 1. The molecule has 0 saturated heterocycles. The molecule has 0 N–H and O–H groups in total. The number of hydrogen-bond donors (Lipinski definition) is 0. The minimum atomic E-state index is -4.05. The van der Waals surface area contributed by atoms with E-state index < -0.39 is 23.8 Å². The lowest BCUT2D eigenvalue weighted by molar-refractivity contribution is -0.224. The van der Waals surface area contributed by atoms with Gasteiger partial charge < -0.3 is 0 Å². The molecule has 4 heteroatoms. The van der Waals surface area contributed by atoms with Crippen molar-refractivity contribution in [3.63, 3.8) is 0 Å². The highest BCUT2D eigenvalue weighted by atomic mass is 19.3. The largest absolute Gasteiger partial charge is 0.335 e. The van der Waals surface area contributed by atoms with Crippen molar-refractivity contribution in [2.45, 2.75) is 102 Å². The van der Waals surface area contributed by atoms with Crippen molar-refractivity contribution in [1.29, 1.82) is 0 Å². The van der Waals surface area contributed by atoms with Crippen molar-refractivity contribution >= 4 is 0 Å². The molecule has 4 rings (SSSR count). The lowest BCUT2D eigenvalue weighted by Gasteiger charge is -2.38. The Hall–Kier alpha value is -1.06. The van der Waals surface area contributed by atoms with Crippen molar-refractivity contribution in [2.75, 3.05) is 0 Å². The first-order valence-corrected chi connectivity index (χ1v) is 11.7. The number of benzene rings is 1. The Kier molecular flexibility index (Phi) is 6.01. The lowest BCUT2D eigenvalue weighted by Crippen LogP contribution is -2.42. The molecule has 3 aliphatic rings. The highest BCUT2D eigenvalue weighted by Gasteiger charge is 2.59. The van der Waals surface area contributed by atoms with E-state index in [1.807, 2.05) is 0 Å². The van der Waals surface area contributed by atoms with Crippen LogP contribution in [0.4, 0.5) is 17.6 Å². The van der Waals surface area contributed by atoms with E-state index in [1.165, 1.54) is 57.4 Å². The second kappa shape index (κ2) is 8.23. The molecule has 162 valence electrons. The Morgan fingerprint density at radius 1 is 0.862 bits per heavy atom. The molecule has 0 atom stereocenters. The van der Waals surface area contributed by atoms with Crippen LogP contribution >= 0.6 is 0 Å². The zero-order valence-electron chi connectivity index (χ0n) is 17.5. The minimum Gasteiger partial charge on any atom is -0.199 e. The van der Waals surface area contributed by atoms with Crippen LogP contribution in [0.5, 0.6) is 0 Å². The van der Waals surface area contributed by atoms with E-state index in [-0.39, 0.29) is 6.42 Å². The molecule has 0 spiro atoms. The molecule has 0 aliphatic heterocycles. The van der Waals surface area contributed by atoms with E-state index in [0.717, 1.165) is 36.2 Å². The SMILES string of the molecule is CCCC1CCC(C2CCC(c3ccc4c(c3)CCC(F)(F)C4(F)F)CC2)CC1. The van der Waals surface area contributed by atoms with Crippen LogP contribution < -0.4 is 0 Å². The summed E-state index contributed by atoms with van der Waals surface area (Å²) >= 11 is 0. The van der Waals surface area contributed by atoms with Crippen LogP contribution in [0.3, 0.4) is 0 Å². The average molecular weight is 411 g/mol. The van der Waals surface area contributed by atoms with Crippen LogP contribution in [0.25, 0.3) is 0 Å². The fourth-order valence-electron chi connectivity index (χ4n) is 6.31. The van der Waals surface area contributed by atoms with Gasteiger partial charge in [0.05, 0.1) is 0 Å². The summed E-state index contributed by atoms with van der Waals surface area (Å²) in [4.78, 5) is 0. The van der Waals surface area contributed by atoms with Gasteiger partial charge in [0.2, 0.25) is 0 Å². The van der Waals surface area contributed by atoms with Crippen LogP contribution in [-0.2, 0) is 12.3 Å². The van der Waals surface area contributed by atoms with Gasteiger partial charge in [0.15, 0.2) is 0 Å². The van der Waals surface area contributed by atoms with Crippen molar-refractivity contribution < 1.29 is 17.6 Å². The third-order valence-electron chi connectivity index (χ3n) is 8.13. The number of fused-ring (bicyclic) bond motifs is 1. The summed E-state index contributed by atoms with van der Waals surface area (Å²) in [5.41, 5.74) is 1.04. The molecule has 0 bridgehead atoms. The van der Waals surface area contributed by atoms with E-state index in [0.29, 0.717) is 11.5 Å². The highest BCUT2D eigenvalue weighted by molar-refractivity contribution is 5.40. The third-order valence-corrected chi connectivity index (χ3v) is 8.13. The van der Waals surface area contributed by atoms with Crippen LogP contribution in [-0.4, -0.2) is 5.92 Å². The number of halogens is 4. The number of rotatable bonds is 4. The Bertz CT molecular complexity index is 695. The zero-order valence-corrected chi connectivity index (χ0v) is 17.5. The summed E-state index contributed by atoms with van der Waals surface area (Å²) < 4.78 is 55.6. The van der Waals surface area contributed by atoms with E-state index in [9.17, 15) is 17.6 Å². The molecular formula is C25H34F4. The first-order chi connectivity index (χ1) is 13.8. The van der Waals surface area contributed by atoms with E-state index in [1.54, 1.807) is 12.1 Å². The molecule has 1 aromatic carbocycles. The molecular weight excluding hydrogens is 376 g/mol. The molecule has 0 nitrogen and oxygen atoms in total. The molecule has 2 fully saturated rings. The molecule has 0 radical (unpaired) electrons. The van der Waals surface area contributed by atoms with Crippen LogP contribution in [0.1, 0.15) is 100 Å². The Balaban J connectivity index is 1.36. The Labute approximate surface area is 172 Å². The van der Waals surface area contributed by atoms with Crippen LogP contribution in [0, 0.1) is 17.8 Å². The lowest BCUT2D eigenvalue weighted by atomic mass is 9.67. The molecule has 2 saturated carbocycles. The molecule has 0 aromatic heterocycles. The minimum absolute atomic E-state index is 0.0438. The number of alkyl halides is 4. The van der Waals surface area contributed by atoms with E-state index >= 15 is 0 Å². The Morgan fingerprint density at radius 3 is 2.10 bits per heavy atom. The van der Waals surface area contributed by atoms with Gasteiger partial charge in [0.1, 0.15) is 0 Å². The molecule has 1 aromatic rings. The van der Waals surface area contributed by atoms with Gasteiger partial charge in [-0.2, -0.15) is 17.6 Å². The molecule has 0 amide bonds. The first kappa shape index (κ1) is 21.2. The Morgan fingerprint density at radius 2 is 1.48 bits per heavy atom. The van der Waals surface area contributed by atoms with Crippen molar-refractivity contribution in [2.24, 2.45) is 17.8 Å². The normalized spacial score (nSPS) is 33.8. The predicted octanol–water partition coefficient (Wildman–Crippen LogP) is 8.24. The summed E-state index contributed by atoms with van der Waals surface area (Å²) in [6.45, 7) is 2.28. The standard InChI is InChI=1S/C25H34F4/c1-2-3-17-4-6-18(7-5-17)19-8-10-20(11-9-19)21-12-13-23-22(16-21)14-15-24(26,27)25(23,28)29/h12-13,16-20H,2-11,14-15H2,1H3. The zero-order chi connectivity index (χ0) is 20.6. The quantitative estimate of drug-likeness (QED) is 0.438. The topological polar surface area (TPSA) is 0 Å². The molecule has 0 heterocycles. The average Bonchev–Trinajstić information content (AvgIpc) is 2.72. The van der Waals surface area contributed by atoms with Crippen LogP contribution in [0.15, 0.2) is 18.2 Å². The summed E-state index contributed by atoms with van der Waals surface area (Å²) in [6.07, 6.45) is 12.1. The molecule has 0 unspecified atom stereocenters. The van der Waals surface area contributed by atoms with Gasteiger partial charge in [-0.05, 0) is 79.7 Å². The van der Waals surface area contributed by atoms with Crippen molar-refractivity contribution in [1.82, 2.24) is 0 Å². The maximum atomic E-state index is 14.1. The maximum Gasteiger partial charge on any atom is 0.335 e. The highest BCUT2D eigenvalue weighted by Crippen LogP contribution is 2.51. The number of hydrogen-bond acceptors (Lipinski definition) is 0. The first-order valence-electron chi connectivity index (χ1n) is 11.7. The van der Waals surface area contributed by atoms with Crippen LogP contribution in [0.2, 0.25) is 0 Å². The van der Waals surface area contributed by atoms with Gasteiger partial charge in [-0.25, -0.2) is 0 Å². The van der Waals surface area contributed by atoms with Gasteiger partial charge in [0, 0.05) is 12.0 Å². The fraction of sp³-hybridized carbons (Fsp3) is 0.760. The second-order valence-corrected chi connectivity index (χ2v) is 9.88. The maximum absolute atomic E-state index is 14.1. The van der Waals surface area contributed by atoms with Gasteiger partial charge in [-0.15, -0.1) is 0 Å². The van der Waals surface area contributed by atoms with Crippen molar-refractivity contribution in [3.05, 3.63) is 34.9 Å². The smallest absolute Gasteiger partial charge is 0.199 e. The van der Waals surface area contributed by atoms with E-state index in [2.05, 4.69) is 6.92 Å². The summed E-state index contributed by atoms with van der Waals surface area (Å²) in [5, 5.41) is 0. The van der Waals surface area contributed by atoms with Gasteiger partial charge in [-0.1, -0.05) is 50.8 Å². The molecule has 3 aliphatic carbocycles. The van der Waals surface area contributed by atoms with Crippen molar-refractivity contribution in [3.8, 4) is 0 Å². The second-order valence-electron chi connectivity index (χ2n) is 9.88. The summed E-state index contributed by atoms with van der Waals surface area (Å²) in [5.74, 6) is -4.97. The van der Waals surface area contributed by atoms with E-state index in [4.69, 9.17) is 0 Å². The summed E-state index contributed by atoms with van der Waals surface area (Å²) in [7, 11) is 0. The fourth-order valence-corrected chi connectivity index (χ4v) is 6.31. The monoisotopic (exact) mass is 410 g/mol. The van der Waals surface area contributed by atoms with Gasteiger partial charge in [0.25, 0.3) is 0 Å². The van der Waals surface area contributed by atoms with Gasteiger partial charge in [-0.3, -0.25) is 0 Å². The molecule has 29 heavy (non-hydrogen) atoms. The van der Waals surface area contributed by atoms with Gasteiger partial charge >= 0.3 is 11.8 Å².